The molecule has 1 atom stereocenters. The molecule has 5 rings (SSSR count). The second kappa shape index (κ2) is 7.10. The molecule has 0 radical (unpaired) electrons. The van der Waals surface area contributed by atoms with Gasteiger partial charge in [-0.3, -0.25) is 15.0 Å². The molecule has 2 aliphatic heterocycles. The predicted octanol–water partition coefficient (Wildman–Crippen LogP) is 6.60. The molecule has 0 saturated carbocycles. The van der Waals surface area contributed by atoms with E-state index < -0.39 is 16.1 Å². The standard InChI is InChI=1S/C25H21BrN2O4/c1-24(2)18-11-7-8-12-19(18)27(16-9-5-4-6-10-16)25(24)14-13-17-22(26)20(28(29)30)15-21(31-3)23(17)32-25/h4-15H,1-3H3. The summed E-state index contributed by atoms with van der Waals surface area (Å²) in [5, 5.41) is 11.6. The van der Waals surface area contributed by atoms with E-state index in [9.17, 15) is 10.1 Å². The van der Waals surface area contributed by atoms with Crippen LogP contribution in [0.1, 0.15) is 25.0 Å². The van der Waals surface area contributed by atoms with Crippen molar-refractivity contribution in [3.8, 4) is 11.5 Å². The zero-order valence-corrected chi connectivity index (χ0v) is 19.4. The highest BCUT2D eigenvalue weighted by Gasteiger charge is 2.60. The summed E-state index contributed by atoms with van der Waals surface area (Å²) in [6, 6.07) is 19.7. The van der Waals surface area contributed by atoms with Gasteiger partial charge in [-0.05, 0) is 65.7 Å². The molecule has 1 unspecified atom stereocenters. The van der Waals surface area contributed by atoms with Crippen molar-refractivity contribution in [1.29, 1.82) is 0 Å². The van der Waals surface area contributed by atoms with Crippen LogP contribution in [-0.4, -0.2) is 17.8 Å². The van der Waals surface area contributed by atoms with Gasteiger partial charge >= 0.3 is 0 Å². The Labute approximate surface area is 194 Å². The summed E-state index contributed by atoms with van der Waals surface area (Å²) < 4.78 is 12.8. The number of nitro groups is 1. The van der Waals surface area contributed by atoms with E-state index >= 15 is 0 Å². The number of nitro benzene ring substituents is 1. The van der Waals surface area contributed by atoms with Gasteiger partial charge in [-0.25, -0.2) is 0 Å². The lowest BCUT2D eigenvalue weighted by Gasteiger charge is -2.47. The van der Waals surface area contributed by atoms with Crippen LogP contribution >= 0.6 is 15.9 Å². The Bertz CT molecular complexity index is 1270. The lowest BCUT2D eigenvalue weighted by atomic mass is 9.76. The summed E-state index contributed by atoms with van der Waals surface area (Å²) in [6.45, 7) is 4.30. The summed E-state index contributed by atoms with van der Waals surface area (Å²) in [6.07, 6.45) is 3.89. The van der Waals surface area contributed by atoms with Gasteiger partial charge in [0.1, 0.15) is 4.47 Å². The average Bonchev–Trinajstić information content (AvgIpc) is 2.98. The normalized spacial score (nSPS) is 19.9. The van der Waals surface area contributed by atoms with Crippen LogP contribution in [0.5, 0.6) is 11.5 Å². The second-order valence-electron chi connectivity index (χ2n) is 8.36. The maximum Gasteiger partial charge on any atom is 0.288 e. The van der Waals surface area contributed by atoms with Gasteiger partial charge in [-0.1, -0.05) is 36.4 Å². The summed E-state index contributed by atoms with van der Waals surface area (Å²) >= 11 is 3.40. The second-order valence-corrected chi connectivity index (χ2v) is 9.15. The van der Waals surface area contributed by atoms with E-state index in [1.54, 1.807) is 0 Å². The average molecular weight is 493 g/mol. The monoisotopic (exact) mass is 492 g/mol. The van der Waals surface area contributed by atoms with Crippen molar-refractivity contribution in [2.24, 2.45) is 0 Å². The minimum Gasteiger partial charge on any atom is -0.493 e. The minimum atomic E-state index is -0.909. The van der Waals surface area contributed by atoms with Crippen molar-refractivity contribution in [3.63, 3.8) is 0 Å². The van der Waals surface area contributed by atoms with Crippen molar-refractivity contribution >= 4 is 39.1 Å². The van der Waals surface area contributed by atoms with Crippen LogP contribution in [0, 0.1) is 10.1 Å². The van der Waals surface area contributed by atoms with Crippen LogP contribution in [0.3, 0.4) is 0 Å². The molecule has 2 aliphatic rings. The van der Waals surface area contributed by atoms with Gasteiger partial charge in [0.25, 0.3) is 5.69 Å². The quantitative estimate of drug-likeness (QED) is 0.304. The molecule has 2 heterocycles. The largest absolute Gasteiger partial charge is 0.493 e. The molecule has 0 fully saturated rings. The fourth-order valence-electron chi connectivity index (χ4n) is 4.76. The molecule has 1 spiro atoms. The zero-order chi connectivity index (χ0) is 22.7. The van der Waals surface area contributed by atoms with Crippen molar-refractivity contribution in [2.45, 2.75) is 25.0 Å². The van der Waals surface area contributed by atoms with Crippen LogP contribution < -0.4 is 14.4 Å². The third kappa shape index (κ3) is 2.64. The van der Waals surface area contributed by atoms with E-state index in [4.69, 9.17) is 9.47 Å². The fraction of sp³-hybridized carbons (Fsp3) is 0.200. The Morgan fingerprint density at radius 2 is 1.78 bits per heavy atom. The van der Waals surface area contributed by atoms with Crippen LogP contribution in [-0.2, 0) is 5.41 Å². The predicted molar refractivity (Wildman–Crippen MR) is 128 cm³/mol. The number of benzene rings is 3. The molecular formula is C25H21BrN2O4. The molecule has 162 valence electrons. The zero-order valence-electron chi connectivity index (χ0n) is 17.8. The van der Waals surface area contributed by atoms with Crippen LogP contribution in [0.25, 0.3) is 6.08 Å². The van der Waals surface area contributed by atoms with E-state index in [0.29, 0.717) is 21.5 Å². The molecule has 0 aliphatic carbocycles. The van der Waals surface area contributed by atoms with Crippen LogP contribution in [0.4, 0.5) is 17.1 Å². The van der Waals surface area contributed by atoms with Crippen LogP contribution in [0.2, 0.25) is 0 Å². The Hall–Kier alpha value is -3.32. The number of methoxy groups -OCH3 is 1. The summed E-state index contributed by atoms with van der Waals surface area (Å²) in [5.74, 6) is 0.785. The molecule has 0 amide bonds. The first kappa shape index (κ1) is 20.6. The number of anilines is 2. The molecule has 3 aromatic carbocycles. The Morgan fingerprint density at radius 1 is 1.09 bits per heavy atom. The number of hydrogen-bond acceptors (Lipinski definition) is 5. The molecule has 0 N–H and O–H groups in total. The number of halogens is 1. The topological polar surface area (TPSA) is 64.8 Å². The molecule has 7 heteroatoms. The Kier molecular flexibility index (Phi) is 4.57. The maximum absolute atomic E-state index is 11.6. The van der Waals surface area contributed by atoms with Crippen molar-refractivity contribution < 1.29 is 14.4 Å². The van der Waals surface area contributed by atoms with Gasteiger partial charge in [0, 0.05) is 16.9 Å². The first-order valence-electron chi connectivity index (χ1n) is 10.2. The smallest absolute Gasteiger partial charge is 0.288 e. The highest BCUT2D eigenvalue weighted by molar-refractivity contribution is 9.10. The first-order chi connectivity index (χ1) is 15.3. The van der Waals surface area contributed by atoms with E-state index in [2.05, 4.69) is 58.9 Å². The number of para-hydroxylation sites is 2. The number of ether oxygens (including phenoxy) is 2. The SMILES string of the molecule is COc1cc([N+](=O)[O-])c(Br)c2c1OC1(C=C2)N(c2ccccc2)c2ccccc2C1(C)C. The van der Waals surface area contributed by atoms with Crippen molar-refractivity contribution in [1.82, 2.24) is 0 Å². The molecule has 6 nitrogen and oxygen atoms in total. The third-order valence-corrected chi connectivity index (χ3v) is 7.24. The first-order valence-corrected chi connectivity index (χ1v) is 11.0. The van der Waals surface area contributed by atoms with Gasteiger partial charge in [-0.15, -0.1) is 0 Å². The molecular weight excluding hydrogens is 472 g/mol. The molecule has 0 aromatic heterocycles. The number of hydrogen-bond donors (Lipinski definition) is 0. The number of rotatable bonds is 3. The Balaban J connectivity index is 1.78. The van der Waals surface area contributed by atoms with E-state index in [0.717, 1.165) is 16.9 Å². The summed E-state index contributed by atoms with van der Waals surface area (Å²) in [5.41, 5.74) is 2.34. The highest BCUT2D eigenvalue weighted by atomic mass is 79.9. The van der Waals surface area contributed by atoms with E-state index in [1.165, 1.54) is 13.2 Å². The van der Waals surface area contributed by atoms with Gasteiger partial charge in [0.2, 0.25) is 5.72 Å². The minimum absolute atomic E-state index is 0.0707. The Morgan fingerprint density at radius 3 is 2.47 bits per heavy atom. The highest BCUT2D eigenvalue weighted by Crippen LogP contribution is 2.59. The van der Waals surface area contributed by atoms with Crippen molar-refractivity contribution in [2.75, 3.05) is 12.0 Å². The molecule has 0 bridgehead atoms. The number of nitrogens with zero attached hydrogens (tertiary/aromatic N) is 2. The lowest BCUT2D eigenvalue weighted by molar-refractivity contribution is -0.385. The maximum atomic E-state index is 11.6. The summed E-state index contributed by atoms with van der Waals surface area (Å²) in [4.78, 5) is 13.3. The van der Waals surface area contributed by atoms with Gasteiger partial charge in [-0.2, -0.15) is 0 Å². The van der Waals surface area contributed by atoms with Gasteiger partial charge in [0.05, 0.1) is 23.5 Å². The molecule has 32 heavy (non-hydrogen) atoms. The lowest BCUT2D eigenvalue weighted by Crippen LogP contribution is -2.57. The summed E-state index contributed by atoms with van der Waals surface area (Å²) in [7, 11) is 1.49. The van der Waals surface area contributed by atoms with Gasteiger partial charge < -0.3 is 9.47 Å². The third-order valence-electron chi connectivity index (χ3n) is 6.41. The van der Waals surface area contributed by atoms with Gasteiger partial charge in [0.15, 0.2) is 11.5 Å². The van der Waals surface area contributed by atoms with E-state index in [-0.39, 0.29) is 5.69 Å². The fourth-order valence-corrected chi connectivity index (χ4v) is 5.33. The van der Waals surface area contributed by atoms with Crippen molar-refractivity contribution in [3.05, 3.63) is 92.5 Å². The van der Waals surface area contributed by atoms with Crippen LogP contribution in [0.15, 0.2) is 71.2 Å². The number of fused-ring (bicyclic) bond motifs is 2. The van der Waals surface area contributed by atoms with E-state index in [1.807, 2.05) is 42.5 Å². The molecule has 3 aromatic rings. The molecule has 0 saturated heterocycles.